The molecule has 0 saturated heterocycles. The number of hydrazone groups is 1. The van der Waals surface area contributed by atoms with Crippen LogP contribution in [0.3, 0.4) is 0 Å². The Morgan fingerprint density at radius 1 is 0.583 bits per heavy atom. The molecule has 0 spiro atoms. The summed E-state index contributed by atoms with van der Waals surface area (Å²) in [4.78, 5) is 0. The number of alkyl halides is 2. The topological polar surface area (TPSA) is 35.8 Å². The molecule has 0 bridgehead atoms. The molecule has 3 aromatic carbocycles. The maximum Gasteiger partial charge on any atom is 0.345 e. The summed E-state index contributed by atoms with van der Waals surface area (Å²) < 4.78 is 171. The van der Waals surface area contributed by atoms with E-state index in [1.165, 1.54) is 6.07 Å². The third-order valence-corrected chi connectivity index (χ3v) is 5.25. The number of benzene rings is 3. The van der Waals surface area contributed by atoms with E-state index in [4.69, 9.17) is 0 Å². The highest BCUT2D eigenvalue weighted by atomic mass is 19.3. The number of rotatable bonds is 3. The number of anilines is 1. The fraction of sp³-hybridized carbons (Fsp3) is 0.0952. The predicted molar refractivity (Wildman–Crippen MR) is 96.8 cm³/mol. The second kappa shape index (κ2) is 8.15. The molecule has 1 N–H and O–H groups in total. The van der Waals surface area contributed by atoms with Gasteiger partial charge in [-0.1, -0.05) is 18.2 Å². The molecule has 0 radical (unpaired) electrons. The van der Waals surface area contributed by atoms with Crippen LogP contribution in [0.4, 0.5) is 58.4 Å². The molecule has 36 heavy (non-hydrogen) atoms. The zero-order valence-electron chi connectivity index (χ0n) is 16.8. The summed E-state index contributed by atoms with van der Waals surface area (Å²) in [5.41, 5.74) is -13.0. The average Bonchev–Trinajstić information content (AvgIpc) is 3.06. The number of hydrogen-bond donors (Lipinski definition) is 1. The minimum atomic E-state index is -5.57. The van der Waals surface area contributed by atoms with Gasteiger partial charge in [-0.25, -0.2) is 48.9 Å². The van der Waals surface area contributed by atoms with Crippen molar-refractivity contribution >= 4 is 11.4 Å². The molecule has 3 aromatic rings. The molecule has 0 aromatic heterocycles. The highest BCUT2D eigenvalue weighted by Crippen LogP contribution is 2.52. The molecule has 0 fully saturated rings. The van der Waals surface area contributed by atoms with Crippen LogP contribution in [-0.4, -0.2) is 16.7 Å². The second-order valence-electron chi connectivity index (χ2n) is 7.23. The molecular formula is C21H6F12N2O. The van der Waals surface area contributed by atoms with Crippen LogP contribution in [0, 0.1) is 58.2 Å². The van der Waals surface area contributed by atoms with Gasteiger partial charge in [0.1, 0.15) is 5.71 Å². The van der Waals surface area contributed by atoms with Crippen molar-refractivity contribution in [1.29, 1.82) is 0 Å². The van der Waals surface area contributed by atoms with Crippen molar-refractivity contribution in [3.63, 3.8) is 0 Å². The van der Waals surface area contributed by atoms with Crippen LogP contribution in [0.5, 0.6) is 0 Å². The molecular weight excluding hydrogens is 524 g/mol. The minimum absolute atomic E-state index is 0.474. The lowest BCUT2D eigenvalue weighted by atomic mass is 9.88. The lowest BCUT2D eigenvalue weighted by Crippen LogP contribution is -2.56. The van der Waals surface area contributed by atoms with E-state index in [1.54, 1.807) is 0 Å². The van der Waals surface area contributed by atoms with E-state index < -0.39 is 97.4 Å². The van der Waals surface area contributed by atoms with E-state index in [-0.39, 0.29) is 0 Å². The van der Waals surface area contributed by atoms with Crippen LogP contribution < -0.4 is 5.01 Å². The van der Waals surface area contributed by atoms with Crippen molar-refractivity contribution in [2.45, 2.75) is 11.6 Å². The van der Waals surface area contributed by atoms with Gasteiger partial charge < -0.3 is 5.11 Å². The maximum atomic E-state index is 15.6. The van der Waals surface area contributed by atoms with E-state index in [9.17, 15) is 49.0 Å². The fourth-order valence-electron chi connectivity index (χ4n) is 3.54. The molecule has 0 amide bonds. The van der Waals surface area contributed by atoms with E-state index in [1.807, 2.05) is 0 Å². The minimum Gasteiger partial charge on any atom is -0.360 e. The Balaban J connectivity index is 2.14. The normalized spacial score (nSPS) is 19.1. The number of para-hydroxylation sites is 1. The maximum absolute atomic E-state index is 15.6. The largest absolute Gasteiger partial charge is 0.360 e. The number of hydrogen-bond acceptors (Lipinski definition) is 3. The van der Waals surface area contributed by atoms with Crippen LogP contribution in [0.2, 0.25) is 0 Å². The smallest absolute Gasteiger partial charge is 0.345 e. The molecule has 1 aliphatic rings. The molecule has 1 heterocycles. The number of nitrogens with zero attached hydrogens (tertiary/aromatic N) is 2. The van der Waals surface area contributed by atoms with Crippen LogP contribution in [0.25, 0.3) is 0 Å². The van der Waals surface area contributed by atoms with E-state index >= 15 is 8.78 Å². The van der Waals surface area contributed by atoms with Gasteiger partial charge in [0.2, 0.25) is 11.6 Å². The Morgan fingerprint density at radius 2 is 0.972 bits per heavy atom. The van der Waals surface area contributed by atoms with Gasteiger partial charge in [-0.05, 0) is 12.1 Å². The zero-order valence-corrected chi connectivity index (χ0v) is 16.8. The van der Waals surface area contributed by atoms with Crippen LogP contribution in [0.1, 0.15) is 11.1 Å². The summed E-state index contributed by atoms with van der Waals surface area (Å²) in [6.45, 7) is 0. The predicted octanol–water partition coefficient (Wildman–Crippen LogP) is 5.78. The highest BCUT2D eigenvalue weighted by molar-refractivity contribution is 6.09. The third kappa shape index (κ3) is 3.11. The summed E-state index contributed by atoms with van der Waals surface area (Å²) in [5, 5.41) is 13.4. The molecule has 1 aliphatic heterocycles. The monoisotopic (exact) mass is 530 g/mol. The molecule has 190 valence electrons. The Labute approximate surface area is 191 Å². The lowest BCUT2D eigenvalue weighted by Gasteiger charge is -2.37. The molecule has 1 unspecified atom stereocenters. The molecule has 0 aliphatic carbocycles. The zero-order chi connectivity index (χ0) is 26.9. The Bertz CT molecular complexity index is 1390. The Hall–Kier alpha value is -3.75. The molecule has 4 rings (SSSR count). The number of aliphatic hydroxyl groups is 1. The fourth-order valence-corrected chi connectivity index (χ4v) is 3.54. The molecule has 3 nitrogen and oxygen atoms in total. The van der Waals surface area contributed by atoms with Crippen molar-refractivity contribution in [1.82, 2.24) is 0 Å². The van der Waals surface area contributed by atoms with Gasteiger partial charge in [-0.15, -0.1) is 0 Å². The van der Waals surface area contributed by atoms with Crippen molar-refractivity contribution < 1.29 is 57.8 Å². The first-order valence-electron chi connectivity index (χ1n) is 9.27. The lowest BCUT2D eigenvalue weighted by molar-refractivity contribution is -0.136. The number of halogens is 12. The standard InChI is InChI=1S/C21H6F12N2O/c22-9-7(10(23)14(27)17(30)13(9)26)19-20(32,33)21(36,35(34-19)6-4-2-1-3-5-6)8-11(24)15(28)18(31)16(29)12(8)25/h1-5,36H. The first-order valence-corrected chi connectivity index (χ1v) is 9.27. The van der Waals surface area contributed by atoms with Crippen LogP contribution in [0.15, 0.2) is 35.4 Å². The SMILES string of the molecule is OC1(c2c(F)c(F)c(F)c(F)c2F)N(c2ccccc2)N=C(c2c(F)c(F)c(F)c(F)c2F)C1(F)F. The summed E-state index contributed by atoms with van der Waals surface area (Å²) >= 11 is 0. The van der Waals surface area contributed by atoms with Gasteiger partial charge in [0, 0.05) is 0 Å². The van der Waals surface area contributed by atoms with Gasteiger partial charge in [-0.2, -0.15) is 13.9 Å². The summed E-state index contributed by atoms with van der Waals surface area (Å²) in [6.07, 6.45) is 0. The summed E-state index contributed by atoms with van der Waals surface area (Å²) in [6, 6.07) is 4.96. The molecule has 1 atom stereocenters. The van der Waals surface area contributed by atoms with E-state index in [2.05, 4.69) is 5.10 Å². The van der Waals surface area contributed by atoms with Crippen molar-refractivity contribution in [2.24, 2.45) is 5.10 Å². The summed E-state index contributed by atoms with van der Waals surface area (Å²) in [7, 11) is 0. The van der Waals surface area contributed by atoms with E-state index in [0.717, 1.165) is 24.3 Å². The van der Waals surface area contributed by atoms with Gasteiger partial charge in [0.15, 0.2) is 46.5 Å². The van der Waals surface area contributed by atoms with Crippen LogP contribution in [-0.2, 0) is 5.72 Å². The molecule has 0 saturated carbocycles. The van der Waals surface area contributed by atoms with Gasteiger partial charge in [-0.3, -0.25) is 0 Å². The Kier molecular flexibility index (Phi) is 5.73. The first kappa shape index (κ1) is 25.3. The average molecular weight is 530 g/mol. The quantitative estimate of drug-likeness (QED) is 0.265. The van der Waals surface area contributed by atoms with Crippen molar-refractivity contribution in [2.75, 3.05) is 5.01 Å². The van der Waals surface area contributed by atoms with Crippen molar-refractivity contribution in [3.05, 3.63) is 99.6 Å². The highest BCUT2D eigenvalue weighted by Gasteiger charge is 2.70. The molecule has 15 heteroatoms. The van der Waals surface area contributed by atoms with Gasteiger partial charge in [0.25, 0.3) is 5.72 Å². The third-order valence-electron chi connectivity index (χ3n) is 5.25. The van der Waals surface area contributed by atoms with Crippen molar-refractivity contribution in [3.8, 4) is 0 Å². The first-order chi connectivity index (χ1) is 16.7. The van der Waals surface area contributed by atoms with Gasteiger partial charge >= 0.3 is 5.92 Å². The van der Waals surface area contributed by atoms with Crippen LogP contribution >= 0.6 is 0 Å². The van der Waals surface area contributed by atoms with E-state index in [0.29, 0.717) is 0 Å². The summed E-state index contributed by atoms with van der Waals surface area (Å²) in [5.74, 6) is -33.9. The second-order valence-corrected chi connectivity index (χ2v) is 7.23. The Morgan fingerprint density at radius 3 is 1.42 bits per heavy atom. The van der Waals surface area contributed by atoms with Gasteiger partial charge in [0.05, 0.1) is 16.8 Å².